The van der Waals surface area contributed by atoms with Crippen LogP contribution < -0.4 is 5.73 Å². The summed E-state index contributed by atoms with van der Waals surface area (Å²) in [5.74, 6) is 0.0894. The lowest BCUT2D eigenvalue weighted by atomic mass is 10.1. The van der Waals surface area contributed by atoms with E-state index in [4.69, 9.17) is 5.73 Å². The van der Waals surface area contributed by atoms with Crippen molar-refractivity contribution in [2.24, 2.45) is 0 Å². The molecule has 0 bridgehead atoms. The number of rotatable bonds is 4. The van der Waals surface area contributed by atoms with Gasteiger partial charge in [0.15, 0.2) is 9.84 Å². The van der Waals surface area contributed by atoms with E-state index in [-0.39, 0.29) is 11.5 Å². The number of anilines is 1. The smallest absolute Gasteiger partial charge is 0.158 e. The summed E-state index contributed by atoms with van der Waals surface area (Å²) in [6, 6.07) is 13.0. The first-order valence-electron chi connectivity index (χ1n) is 6.48. The first-order chi connectivity index (χ1) is 9.39. The predicted octanol–water partition coefficient (Wildman–Crippen LogP) is 3.00. The van der Waals surface area contributed by atoms with Crippen LogP contribution in [0.1, 0.15) is 22.3 Å². The van der Waals surface area contributed by atoms with Crippen LogP contribution in [0.4, 0.5) is 5.69 Å². The summed E-state index contributed by atoms with van der Waals surface area (Å²) < 4.78 is 24.7. The monoisotopic (exact) mass is 289 g/mol. The molecular weight excluding hydrogens is 270 g/mol. The fourth-order valence-electron chi connectivity index (χ4n) is 2.16. The Bertz CT molecular complexity index is 721. The molecule has 0 aliphatic carbocycles. The Balaban J connectivity index is 2.24. The van der Waals surface area contributed by atoms with Gasteiger partial charge in [-0.15, -0.1) is 0 Å². The Labute approximate surface area is 120 Å². The number of benzene rings is 2. The molecule has 0 radical (unpaired) electrons. The largest absolute Gasteiger partial charge is 0.399 e. The lowest BCUT2D eigenvalue weighted by Crippen LogP contribution is -2.10. The number of hydrogen-bond acceptors (Lipinski definition) is 3. The Morgan fingerprint density at radius 2 is 1.50 bits per heavy atom. The van der Waals surface area contributed by atoms with E-state index in [1.165, 1.54) is 0 Å². The Morgan fingerprint density at radius 1 is 0.900 bits per heavy atom. The van der Waals surface area contributed by atoms with Crippen LogP contribution in [0.25, 0.3) is 0 Å². The van der Waals surface area contributed by atoms with E-state index < -0.39 is 9.84 Å². The summed E-state index contributed by atoms with van der Waals surface area (Å²) in [5.41, 5.74) is 9.93. The number of sulfone groups is 1. The highest BCUT2D eigenvalue weighted by molar-refractivity contribution is 7.89. The second-order valence-corrected chi connectivity index (χ2v) is 7.15. The van der Waals surface area contributed by atoms with Crippen molar-refractivity contribution in [3.05, 3.63) is 64.7 Å². The molecule has 2 N–H and O–H groups in total. The van der Waals surface area contributed by atoms with Gasteiger partial charge in [0.2, 0.25) is 0 Å². The van der Waals surface area contributed by atoms with Crippen LogP contribution in [0.15, 0.2) is 42.5 Å². The first kappa shape index (κ1) is 14.6. The molecule has 0 spiro atoms. The maximum Gasteiger partial charge on any atom is 0.158 e. The number of nitrogen functional groups attached to an aromatic ring is 1. The van der Waals surface area contributed by atoms with Crippen LogP contribution in [-0.2, 0) is 21.3 Å². The van der Waals surface area contributed by atoms with Gasteiger partial charge in [-0.3, -0.25) is 0 Å². The van der Waals surface area contributed by atoms with Crippen molar-refractivity contribution in [2.45, 2.75) is 25.4 Å². The molecule has 20 heavy (non-hydrogen) atoms. The molecule has 0 amide bonds. The van der Waals surface area contributed by atoms with Gasteiger partial charge in [0.1, 0.15) is 0 Å². The molecule has 0 atom stereocenters. The molecule has 0 unspecified atom stereocenters. The predicted molar refractivity (Wildman–Crippen MR) is 83.1 cm³/mol. The molecule has 0 aromatic heterocycles. The Morgan fingerprint density at radius 3 is 2.20 bits per heavy atom. The summed E-state index contributed by atoms with van der Waals surface area (Å²) >= 11 is 0. The van der Waals surface area contributed by atoms with Gasteiger partial charge in [0.05, 0.1) is 11.5 Å². The Kier molecular flexibility index (Phi) is 4.14. The van der Waals surface area contributed by atoms with Crippen LogP contribution in [0.5, 0.6) is 0 Å². The Hall–Kier alpha value is -1.81. The number of hydrogen-bond donors (Lipinski definition) is 1. The minimum absolute atomic E-state index is 0.0260. The van der Waals surface area contributed by atoms with Crippen molar-refractivity contribution in [1.29, 1.82) is 0 Å². The molecule has 0 heterocycles. The first-order valence-corrected chi connectivity index (χ1v) is 8.30. The average Bonchev–Trinajstić information content (AvgIpc) is 2.37. The van der Waals surface area contributed by atoms with Gasteiger partial charge in [0.25, 0.3) is 0 Å². The third-order valence-corrected chi connectivity index (χ3v) is 5.00. The molecule has 0 saturated carbocycles. The molecule has 2 aromatic carbocycles. The number of nitrogens with two attached hydrogens (primary N) is 1. The maximum absolute atomic E-state index is 12.3. The van der Waals surface area contributed by atoms with Gasteiger partial charge in [0, 0.05) is 5.69 Å². The van der Waals surface area contributed by atoms with Crippen LogP contribution in [0, 0.1) is 13.8 Å². The molecule has 0 fully saturated rings. The highest BCUT2D eigenvalue weighted by Gasteiger charge is 2.16. The molecule has 106 valence electrons. The van der Waals surface area contributed by atoms with E-state index in [0.717, 1.165) is 22.3 Å². The van der Waals surface area contributed by atoms with Gasteiger partial charge >= 0.3 is 0 Å². The van der Waals surface area contributed by atoms with Gasteiger partial charge in [-0.25, -0.2) is 8.42 Å². The standard InChI is InChI=1S/C16H19NO2S/c1-12-6-3-4-7-14(12)10-20(18,19)11-15-8-5-9-16(17)13(15)2/h3-9H,10-11,17H2,1-2H3. The molecule has 0 aliphatic rings. The zero-order valence-electron chi connectivity index (χ0n) is 11.8. The van der Waals surface area contributed by atoms with E-state index in [2.05, 4.69) is 0 Å². The normalized spacial score (nSPS) is 11.5. The minimum atomic E-state index is -3.21. The average molecular weight is 289 g/mol. The lowest BCUT2D eigenvalue weighted by molar-refractivity contribution is 0.594. The van der Waals surface area contributed by atoms with E-state index in [1.807, 2.05) is 44.2 Å². The molecular formula is C16H19NO2S. The molecule has 2 rings (SSSR count). The van der Waals surface area contributed by atoms with Gasteiger partial charge in [-0.05, 0) is 42.2 Å². The van der Waals surface area contributed by atoms with Crippen molar-refractivity contribution < 1.29 is 8.42 Å². The summed E-state index contributed by atoms with van der Waals surface area (Å²) in [6.07, 6.45) is 0. The van der Waals surface area contributed by atoms with Crippen molar-refractivity contribution in [2.75, 3.05) is 5.73 Å². The third-order valence-electron chi connectivity index (χ3n) is 3.50. The molecule has 4 heteroatoms. The van der Waals surface area contributed by atoms with Gasteiger partial charge < -0.3 is 5.73 Å². The van der Waals surface area contributed by atoms with E-state index >= 15 is 0 Å². The van der Waals surface area contributed by atoms with E-state index in [0.29, 0.717) is 5.69 Å². The highest BCUT2D eigenvalue weighted by atomic mass is 32.2. The maximum atomic E-state index is 12.3. The van der Waals surface area contributed by atoms with Gasteiger partial charge in [-0.1, -0.05) is 36.4 Å². The summed E-state index contributed by atoms with van der Waals surface area (Å²) in [4.78, 5) is 0. The quantitative estimate of drug-likeness (QED) is 0.880. The van der Waals surface area contributed by atoms with Crippen molar-refractivity contribution in [3.63, 3.8) is 0 Å². The van der Waals surface area contributed by atoms with E-state index in [1.54, 1.807) is 12.1 Å². The molecule has 2 aromatic rings. The fraction of sp³-hybridized carbons (Fsp3) is 0.250. The third kappa shape index (κ3) is 3.39. The SMILES string of the molecule is Cc1ccccc1CS(=O)(=O)Cc1cccc(N)c1C. The molecule has 3 nitrogen and oxygen atoms in total. The summed E-state index contributed by atoms with van der Waals surface area (Å²) in [5, 5.41) is 0. The second kappa shape index (κ2) is 5.67. The summed E-state index contributed by atoms with van der Waals surface area (Å²) in [6.45, 7) is 3.78. The zero-order valence-corrected chi connectivity index (χ0v) is 12.6. The summed E-state index contributed by atoms with van der Waals surface area (Å²) in [7, 11) is -3.21. The zero-order chi connectivity index (χ0) is 14.8. The van der Waals surface area contributed by atoms with Crippen molar-refractivity contribution in [1.82, 2.24) is 0 Å². The number of aryl methyl sites for hydroxylation is 1. The van der Waals surface area contributed by atoms with Crippen LogP contribution in [0.3, 0.4) is 0 Å². The van der Waals surface area contributed by atoms with Crippen LogP contribution >= 0.6 is 0 Å². The van der Waals surface area contributed by atoms with Crippen LogP contribution in [0.2, 0.25) is 0 Å². The molecule has 0 aliphatic heterocycles. The fourth-order valence-corrected chi connectivity index (χ4v) is 3.84. The lowest BCUT2D eigenvalue weighted by Gasteiger charge is -2.10. The minimum Gasteiger partial charge on any atom is -0.399 e. The topological polar surface area (TPSA) is 60.2 Å². The second-order valence-electron chi connectivity index (χ2n) is 5.09. The van der Waals surface area contributed by atoms with Crippen molar-refractivity contribution in [3.8, 4) is 0 Å². The highest BCUT2D eigenvalue weighted by Crippen LogP contribution is 2.20. The van der Waals surface area contributed by atoms with Gasteiger partial charge in [-0.2, -0.15) is 0 Å². The van der Waals surface area contributed by atoms with E-state index in [9.17, 15) is 8.42 Å². The van der Waals surface area contributed by atoms with Crippen molar-refractivity contribution >= 4 is 15.5 Å². The molecule has 0 saturated heterocycles. The van der Waals surface area contributed by atoms with Crippen LogP contribution in [-0.4, -0.2) is 8.42 Å².